The lowest BCUT2D eigenvalue weighted by Gasteiger charge is -2.29. The number of benzene rings is 2. The van der Waals surface area contributed by atoms with Crippen LogP contribution in [-0.2, 0) is 14.3 Å². The van der Waals surface area contributed by atoms with Crippen LogP contribution in [0.5, 0.6) is 0 Å². The third-order valence-corrected chi connectivity index (χ3v) is 7.90. The average Bonchev–Trinajstić information content (AvgIpc) is 3.58. The van der Waals surface area contributed by atoms with Gasteiger partial charge in [-0.1, -0.05) is 55.0 Å². The van der Waals surface area contributed by atoms with Gasteiger partial charge in [0.05, 0.1) is 6.42 Å². The van der Waals surface area contributed by atoms with Crippen LogP contribution in [0.15, 0.2) is 48.5 Å². The number of carbonyl (C=O) groups excluding carboxylic acids is 2. The third kappa shape index (κ3) is 4.77. The van der Waals surface area contributed by atoms with Crippen molar-refractivity contribution in [1.29, 1.82) is 0 Å². The van der Waals surface area contributed by atoms with Crippen molar-refractivity contribution in [2.24, 2.45) is 11.8 Å². The summed E-state index contributed by atoms with van der Waals surface area (Å²) in [5, 5.41) is 12.1. The second kappa shape index (κ2) is 10.1. The first kappa shape index (κ1) is 23.4. The van der Waals surface area contributed by atoms with Gasteiger partial charge in [0.15, 0.2) is 0 Å². The summed E-state index contributed by atoms with van der Waals surface area (Å²) in [5.41, 5.74) is 4.72. The zero-order chi connectivity index (χ0) is 24.4. The Kier molecular flexibility index (Phi) is 6.75. The fraction of sp³-hybridized carbons (Fsp3) is 0.464. The molecule has 2 aromatic carbocycles. The van der Waals surface area contributed by atoms with Gasteiger partial charge in [-0.05, 0) is 53.9 Å². The zero-order valence-electron chi connectivity index (χ0n) is 19.8. The van der Waals surface area contributed by atoms with Gasteiger partial charge in [-0.3, -0.25) is 9.59 Å². The quantitative estimate of drug-likeness (QED) is 0.617. The lowest BCUT2D eigenvalue weighted by Crippen LogP contribution is -2.43. The van der Waals surface area contributed by atoms with Gasteiger partial charge in [-0.2, -0.15) is 0 Å². The van der Waals surface area contributed by atoms with E-state index in [-0.39, 0.29) is 42.7 Å². The summed E-state index contributed by atoms with van der Waals surface area (Å²) in [6, 6.07) is 16.2. The lowest BCUT2D eigenvalue weighted by molar-refractivity contribution is -0.141. The minimum absolute atomic E-state index is 0.00112. The van der Waals surface area contributed by atoms with Crippen LogP contribution >= 0.6 is 0 Å². The summed E-state index contributed by atoms with van der Waals surface area (Å²) in [5.74, 6) is -0.928. The highest BCUT2D eigenvalue weighted by Gasteiger charge is 2.40. The number of rotatable bonds is 7. The number of carboxylic acids is 1. The molecule has 2 aliphatic carbocycles. The Morgan fingerprint density at radius 1 is 0.943 bits per heavy atom. The second-order valence-electron chi connectivity index (χ2n) is 9.93. The molecule has 1 saturated carbocycles. The number of carboxylic acid groups (broad SMARTS) is 1. The van der Waals surface area contributed by atoms with Crippen molar-refractivity contribution < 1.29 is 24.2 Å². The fourth-order valence-corrected chi connectivity index (χ4v) is 6.22. The molecular formula is C28H32N2O5. The van der Waals surface area contributed by atoms with Crippen LogP contribution in [0.4, 0.5) is 4.79 Å². The standard InChI is InChI=1S/C28H32N2O5/c31-26(32)15-19-8-6-14-30(19)27(33)20-13-5-7-18(20)16-29-28(34)35-17-25-23-11-3-1-9-21(23)22-10-2-4-12-24(22)25/h1-4,9-12,18-20,25H,5-8,13-17H2,(H,29,34)(H,31,32)/t18-,19+,20-/m0/s1. The first-order chi connectivity index (χ1) is 17.0. The Balaban J connectivity index is 1.16. The van der Waals surface area contributed by atoms with Crippen LogP contribution in [0, 0.1) is 11.8 Å². The maximum atomic E-state index is 13.2. The monoisotopic (exact) mass is 476 g/mol. The van der Waals surface area contributed by atoms with Crippen molar-refractivity contribution >= 4 is 18.0 Å². The molecule has 1 saturated heterocycles. The molecule has 0 bridgehead atoms. The molecule has 1 aliphatic heterocycles. The fourth-order valence-electron chi connectivity index (χ4n) is 6.22. The van der Waals surface area contributed by atoms with Gasteiger partial charge >= 0.3 is 12.1 Å². The van der Waals surface area contributed by atoms with E-state index in [2.05, 4.69) is 29.6 Å². The summed E-state index contributed by atoms with van der Waals surface area (Å²) < 4.78 is 5.65. The number of aliphatic carboxylic acids is 1. The van der Waals surface area contributed by atoms with Gasteiger partial charge in [-0.15, -0.1) is 0 Å². The van der Waals surface area contributed by atoms with Gasteiger partial charge in [-0.25, -0.2) is 4.79 Å². The van der Waals surface area contributed by atoms with Gasteiger partial charge < -0.3 is 20.1 Å². The smallest absolute Gasteiger partial charge is 0.407 e. The van der Waals surface area contributed by atoms with E-state index < -0.39 is 12.1 Å². The molecular weight excluding hydrogens is 444 g/mol. The molecule has 5 rings (SSSR count). The maximum Gasteiger partial charge on any atom is 0.407 e. The second-order valence-corrected chi connectivity index (χ2v) is 9.93. The Hall–Kier alpha value is -3.35. The molecule has 1 heterocycles. The number of likely N-dealkylation sites (tertiary alicyclic amines) is 1. The van der Waals surface area contributed by atoms with E-state index in [9.17, 15) is 19.5 Å². The van der Waals surface area contributed by atoms with Gasteiger partial charge in [0, 0.05) is 31.0 Å². The minimum Gasteiger partial charge on any atom is -0.481 e. The van der Waals surface area contributed by atoms with E-state index in [4.69, 9.17) is 4.74 Å². The Bertz CT molecular complexity index is 1070. The van der Waals surface area contributed by atoms with Crippen LogP contribution in [0.1, 0.15) is 55.6 Å². The molecule has 2 aromatic rings. The number of amides is 2. The summed E-state index contributed by atoms with van der Waals surface area (Å²) in [6.45, 7) is 1.28. The molecule has 184 valence electrons. The molecule has 0 aromatic heterocycles. The van der Waals surface area contributed by atoms with E-state index >= 15 is 0 Å². The highest BCUT2D eigenvalue weighted by molar-refractivity contribution is 5.81. The van der Waals surface area contributed by atoms with Crippen LogP contribution in [0.25, 0.3) is 11.1 Å². The van der Waals surface area contributed by atoms with E-state index in [1.165, 1.54) is 22.3 Å². The van der Waals surface area contributed by atoms with Crippen molar-refractivity contribution in [2.75, 3.05) is 19.7 Å². The molecule has 35 heavy (non-hydrogen) atoms. The SMILES string of the molecule is O=C(O)C[C@H]1CCCN1C(=O)[C@H]1CCC[C@H]1CNC(=O)OCC1c2ccccc2-c2ccccc21. The number of hydrogen-bond acceptors (Lipinski definition) is 4. The van der Waals surface area contributed by atoms with Crippen LogP contribution in [0.3, 0.4) is 0 Å². The first-order valence-electron chi connectivity index (χ1n) is 12.6. The number of carbonyl (C=O) groups is 3. The minimum atomic E-state index is -0.866. The van der Waals surface area contributed by atoms with Crippen molar-refractivity contribution in [2.45, 2.75) is 50.5 Å². The molecule has 3 aliphatic rings. The van der Waals surface area contributed by atoms with E-state index in [0.29, 0.717) is 13.1 Å². The number of nitrogens with one attached hydrogen (secondary N) is 1. The van der Waals surface area contributed by atoms with E-state index in [1.54, 1.807) is 4.90 Å². The predicted molar refractivity (Wildman–Crippen MR) is 131 cm³/mol. The zero-order valence-corrected chi connectivity index (χ0v) is 19.8. The van der Waals surface area contributed by atoms with E-state index in [0.717, 1.165) is 32.1 Å². The molecule has 0 radical (unpaired) electrons. The Morgan fingerprint density at radius 3 is 2.31 bits per heavy atom. The molecule has 7 nitrogen and oxygen atoms in total. The normalized spacial score (nSPS) is 23.1. The number of nitrogens with zero attached hydrogens (tertiary/aromatic N) is 1. The molecule has 0 spiro atoms. The molecule has 0 unspecified atom stereocenters. The van der Waals surface area contributed by atoms with Crippen molar-refractivity contribution in [3.63, 3.8) is 0 Å². The predicted octanol–water partition coefficient (Wildman–Crippen LogP) is 4.41. The Morgan fingerprint density at radius 2 is 1.63 bits per heavy atom. The van der Waals surface area contributed by atoms with Gasteiger partial charge in [0.1, 0.15) is 6.61 Å². The summed E-state index contributed by atoms with van der Waals surface area (Å²) in [7, 11) is 0. The molecule has 2 amide bonds. The van der Waals surface area contributed by atoms with Crippen LogP contribution in [0.2, 0.25) is 0 Å². The molecule has 2 fully saturated rings. The van der Waals surface area contributed by atoms with Gasteiger partial charge in [0.25, 0.3) is 0 Å². The number of fused-ring (bicyclic) bond motifs is 3. The maximum absolute atomic E-state index is 13.2. The largest absolute Gasteiger partial charge is 0.481 e. The lowest BCUT2D eigenvalue weighted by atomic mass is 9.94. The van der Waals surface area contributed by atoms with Crippen LogP contribution < -0.4 is 5.32 Å². The van der Waals surface area contributed by atoms with Crippen molar-refractivity contribution in [3.05, 3.63) is 59.7 Å². The number of alkyl carbamates (subject to hydrolysis) is 1. The summed E-state index contributed by atoms with van der Waals surface area (Å²) in [6.07, 6.45) is 3.72. The summed E-state index contributed by atoms with van der Waals surface area (Å²) >= 11 is 0. The average molecular weight is 477 g/mol. The van der Waals surface area contributed by atoms with Crippen LogP contribution in [-0.4, -0.2) is 53.7 Å². The number of hydrogen-bond donors (Lipinski definition) is 2. The van der Waals surface area contributed by atoms with Crippen molar-refractivity contribution in [1.82, 2.24) is 10.2 Å². The topological polar surface area (TPSA) is 95.9 Å². The summed E-state index contributed by atoms with van der Waals surface area (Å²) in [4.78, 5) is 38.8. The van der Waals surface area contributed by atoms with E-state index in [1.807, 2.05) is 24.3 Å². The first-order valence-corrected chi connectivity index (χ1v) is 12.6. The molecule has 7 heteroatoms. The third-order valence-electron chi connectivity index (χ3n) is 7.90. The van der Waals surface area contributed by atoms with Crippen molar-refractivity contribution in [3.8, 4) is 11.1 Å². The Labute approximate surface area is 205 Å². The highest BCUT2D eigenvalue weighted by atomic mass is 16.5. The molecule has 3 atom stereocenters. The van der Waals surface area contributed by atoms with Gasteiger partial charge in [0.2, 0.25) is 5.91 Å². The highest BCUT2D eigenvalue weighted by Crippen LogP contribution is 2.44. The molecule has 2 N–H and O–H groups in total. The number of ether oxygens (including phenoxy) is 1.